The topological polar surface area (TPSA) is 60.0 Å². The molecule has 2 aliphatic rings. The molecule has 0 spiro atoms. The Morgan fingerprint density at radius 3 is 2.33 bits per heavy atom. The molecule has 110 valence electrons. The molecule has 1 aliphatic carbocycles. The van der Waals surface area contributed by atoms with Gasteiger partial charge in [-0.1, -0.05) is 5.21 Å². The van der Waals surface area contributed by atoms with Crippen molar-refractivity contribution in [2.45, 2.75) is 38.1 Å². The Balaban J connectivity index is 1.65. The number of benzene rings is 1. The van der Waals surface area contributed by atoms with Gasteiger partial charge in [0.2, 0.25) is 0 Å². The van der Waals surface area contributed by atoms with Gasteiger partial charge < -0.3 is 10.6 Å². The van der Waals surface area contributed by atoms with Gasteiger partial charge in [-0.3, -0.25) is 0 Å². The van der Waals surface area contributed by atoms with Crippen molar-refractivity contribution >= 4 is 5.69 Å². The number of rotatable bonds is 4. The molecule has 1 aliphatic heterocycles. The normalized spacial score (nSPS) is 18.4. The van der Waals surface area contributed by atoms with E-state index in [-0.39, 0.29) is 0 Å². The molecule has 5 nitrogen and oxygen atoms in total. The fourth-order valence-corrected chi connectivity index (χ4v) is 3.20. The number of aromatic nitrogens is 3. The highest BCUT2D eigenvalue weighted by molar-refractivity contribution is 5.52. The second-order valence-electron chi connectivity index (χ2n) is 6.02. The van der Waals surface area contributed by atoms with Gasteiger partial charge in [-0.25, -0.2) is 4.68 Å². The van der Waals surface area contributed by atoms with Crippen molar-refractivity contribution in [1.29, 1.82) is 0 Å². The van der Waals surface area contributed by atoms with Crippen molar-refractivity contribution in [3.63, 3.8) is 0 Å². The van der Waals surface area contributed by atoms with Crippen molar-refractivity contribution in [3.8, 4) is 5.69 Å². The molecule has 2 N–H and O–H groups in total. The molecular weight excluding hydrogens is 262 g/mol. The Morgan fingerprint density at radius 1 is 1.05 bits per heavy atom. The monoisotopic (exact) mass is 283 g/mol. The second-order valence-corrected chi connectivity index (χ2v) is 6.02. The third kappa shape index (κ3) is 2.31. The minimum absolute atomic E-state index is 0.470. The first-order chi connectivity index (χ1) is 10.4. The van der Waals surface area contributed by atoms with Crippen molar-refractivity contribution in [2.24, 2.45) is 5.73 Å². The number of anilines is 1. The predicted octanol–water partition coefficient (Wildman–Crippen LogP) is 2.20. The van der Waals surface area contributed by atoms with E-state index in [0.29, 0.717) is 12.5 Å². The molecule has 5 heteroatoms. The standard InChI is InChI=1S/C16H21N5/c17-11-15-16(12-3-4-12)21(19-18-15)14-7-5-13(6-8-14)20-9-1-2-10-20/h5-8,12H,1-4,9-11,17H2. The highest BCUT2D eigenvalue weighted by atomic mass is 15.4. The Bertz CT molecular complexity index is 621. The minimum Gasteiger partial charge on any atom is -0.372 e. The number of nitrogens with zero attached hydrogens (tertiary/aromatic N) is 4. The van der Waals surface area contributed by atoms with Crippen LogP contribution >= 0.6 is 0 Å². The summed E-state index contributed by atoms with van der Waals surface area (Å²) in [6.07, 6.45) is 5.06. The van der Waals surface area contributed by atoms with E-state index in [0.717, 1.165) is 11.4 Å². The van der Waals surface area contributed by atoms with Gasteiger partial charge in [-0.15, -0.1) is 5.10 Å². The second kappa shape index (κ2) is 5.15. The fraction of sp³-hybridized carbons (Fsp3) is 0.500. The van der Waals surface area contributed by atoms with E-state index >= 15 is 0 Å². The van der Waals surface area contributed by atoms with Crippen molar-refractivity contribution in [3.05, 3.63) is 35.7 Å². The van der Waals surface area contributed by atoms with Gasteiger partial charge in [0.25, 0.3) is 0 Å². The fourth-order valence-electron chi connectivity index (χ4n) is 3.20. The first-order valence-corrected chi connectivity index (χ1v) is 7.87. The van der Waals surface area contributed by atoms with Crippen LogP contribution in [-0.4, -0.2) is 28.1 Å². The maximum atomic E-state index is 5.79. The molecule has 21 heavy (non-hydrogen) atoms. The Kier molecular flexibility index (Phi) is 3.15. The molecule has 1 aromatic heterocycles. The molecule has 0 atom stereocenters. The predicted molar refractivity (Wildman–Crippen MR) is 82.7 cm³/mol. The van der Waals surface area contributed by atoms with Gasteiger partial charge in [-0.2, -0.15) is 0 Å². The van der Waals surface area contributed by atoms with Crippen LogP contribution in [0.3, 0.4) is 0 Å². The van der Waals surface area contributed by atoms with Crippen LogP contribution in [0.5, 0.6) is 0 Å². The maximum absolute atomic E-state index is 5.79. The van der Waals surface area contributed by atoms with Crippen LogP contribution in [0.4, 0.5) is 5.69 Å². The van der Waals surface area contributed by atoms with E-state index in [2.05, 4.69) is 39.5 Å². The first-order valence-electron chi connectivity index (χ1n) is 7.87. The number of hydrogen-bond acceptors (Lipinski definition) is 4. The molecule has 1 saturated carbocycles. The molecule has 2 aromatic rings. The van der Waals surface area contributed by atoms with Crippen LogP contribution in [0.2, 0.25) is 0 Å². The lowest BCUT2D eigenvalue weighted by Crippen LogP contribution is -2.17. The molecule has 0 unspecified atom stereocenters. The molecule has 1 aromatic carbocycles. The van der Waals surface area contributed by atoms with Crippen LogP contribution in [-0.2, 0) is 6.54 Å². The summed E-state index contributed by atoms with van der Waals surface area (Å²) >= 11 is 0. The average molecular weight is 283 g/mol. The summed E-state index contributed by atoms with van der Waals surface area (Å²) in [6.45, 7) is 2.82. The van der Waals surface area contributed by atoms with Crippen molar-refractivity contribution in [1.82, 2.24) is 15.0 Å². The van der Waals surface area contributed by atoms with Crippen LogP contribution in [0.1, 0.15) is 43.0 Å². The third-order valence-corrected chi connectivity index (χ3v) is 4.50. The van der Waals surface area contributed by atoms with Gasteiger partial charge in [0.05, 0.1) is 11.4 Å². The van der Waals surface area contributed by atoms with E-state index in [1.165, 1.54) is 50.2 Å². The van der Waals surface area contributed by atoms with E-state index in [4.69, 9.17) is 5.73 Å². The lowest BCUT2D eigenvalue weighted by Gasteiger charge is -2.18. The molecule has 0 bridgehead atoms. The number of hydrogen-bond donors (Lipinski definition) is 1. The van der Waals surface area contributed by atoms with Gasteiger partial charge in [-0.05, 0) is 49.9 Å². The summed E-state index contributed by atoms with van der Waals surface area (Å²) in [5.74, 6) is 0.594. The van der Waals surface area contributed by atoms with Gasteiger partial charge in [0.1, 0.15) is 5.69 Å². The van der Waals surface area contributed by atoms with E-state index in [1.54, 1.807) is 0 Å². The highest BCUT2D eigenvalue weighted by Gasteiger charge is 2.31. The van der Waals surface area contributed by atoms with Crippen molar-refractivity contribution < 1.29 is 0 Å². The van der Waals surface area contributed by atoms with Gasteiger partial charge in [0.15, 0.2) is 0 Å². The van der Waals surface area contributed by atoms with E-state index in [1.807, 2.05) is 4.68 Å². The van der Waals surface area contributed by atoms with E-state index in [9.17, 15) is 0 Å². The van der Waals surface area contributed by atoms with E-state index < -0.39 is 0 Å². The summed E-state index contributed by atoms with van der Waals surface area (Å²) in [6, 6.07) is 8.69. The first kappa shape index (κ1) is 12.8. The summed E-state index contributed by atoms with van der Waals surface area (Å²) in [4.78, 5) is 2.44. The lowest BCUT2D eigenvalue weighted by atomic mass is 10.2. The zero-order valence-electron chi connectivity index (χ0n) is 12.2. The SMILES string of the molecule is NCc1nnn(-c2ccc(N3CCCC3)cc2)c1C1CC1. The van der Waals surface area contributed by atoms with Crippen LogP contribution in [0.25, 0.3) is 5.69 Å². The zero-order valence-corrected chi connectivity index (χ0v) is 12.2. The smallest absolute Gasteiger partial charge is 0.100 e. The molecule has 2 heterocycles. The maximum Gasteiger partial charge on any atom is 0.100 e. The van der Waals surface area contributed by atoms with Crippen LogP contribution in [0, 0.1) is 0 Å². The summed E-state index contributed by atoms with van der Waals surface area (Å²) in [5.41, 5.74) is 10.4. The summed E-state index contributed by atoms with van der Waals surface area (Å²) in [7, 11) is 0. The molecule has 0 amide bonds. The minimum atomic E-state index is 0.470. The van der Waals surface area contributed by atoms with Gasteiger partial charge >= 0.3 is 0 Å². The third-order valence-electron chi connectivity index (χ3n) is 4.50. The van der Waals surface area contributed by atoms with Gasteiger partial charge in [0, 0.05) is 31.2 Å². The Morgan fingerprint density at radius 2 is 1.71 bits per heavy atom. The zero-order chi connectivity index (χ0) is 14.2. The quantitative estimate of drug-likeness (QED) is 0.934. The van der Waals surface area contributed by atoms with Crippen molar-refractivity contribution in [2.75, 3.05) is 18.0 Å². The average Bonchev–Trinajstić information content (AvgIpc) is 3.06. The number of nitrogens with two attached hydrogens (primary N) is 1. The summed E-state index contributed by atoms with van der Waals surface area (Å²) in [5, 5.41) is 8.57. The lowest BCUT2D eigenvalue weighted by molar-refractivity contribution is 0.763. The highest BCUT2D eigenvalue weighted by Crippen LogP contribution is 2.41. The summed E-state index contributed by atoms with van der Waals surface area (Å²) < 4.78 is 1.98. The van der Waals surface area contributed by atoms with Crippen LogP contribution < -0.4 is 10.6 Å². The Labute approximate surface area is 124 Å². The molecule has 4 rings (SSSR count). The Hall–Kier alpha value is -1.88. The largest absolute Gasteiger partial charge is 0.372 e. The molecular formula is C16H21N5. The van der Waals surface area contributed by atoms with Crippen LogP contribution in [0.15, 0.2) is 24.3 Å². The molecule has 1 saturated heterocycles. The molecule has 0 radical (unpaired) electrons. The molecule has 2 fully saturated rings.